The monoisotopic (exact) mass is 1440 g/mol. The lowest BCUT2D eigenvalue weighted by molar-refractivity contribution is -0.161. The van der Waals surface area contributed by atoms with Crippen LogP contribution in [-0.2, 0) is 65.4 Å². The van der Waals surface area contributed by atoms with Crippen LogP contribution in [0.4, 0.5) is 0 Å². The molecule has 19 heteroatoms. The van der Waals surface area contributed by atoms with Gasteiger partial charge in [0.15, 0.2) is 12.2 Å². The Morgan fingerprint density at radius 1 is 0.286 bits per heavy atom. The number of carbonyl (C=O) groups excluding carboxylic acids is 4. The van der Waals surface area contributed by atoms with Gasteiger partial charge in [-0.05, 0) is 31.6 Å². The SMILES string of the molecule is CCCCCCCCCCCCCCCCCC(=O)OC[C@H](COP(=O)(O)OC[C@@H](O)COP(=O)(O)OC[C@@H](COC(=O)CCCCCCCCCCCC)OC(=O)CCCCCCCCCCCCCCCCC)OC(=O)CCCCCCCCCCCCCCCCC(C)CC. The number of phosphoric ester groups is 2. The van der Waals surface area contributed by atoms with E-state index in [-0.39, 0.29) is 25.7 Å². The van der Waals surface area contributed by atoms with Crippen molar-refractivity contribution in [3.63, 3.8) is 0 Å². The van der Waals surface area contributed by atoms with E-state index in [0.717, 1.165) is 95.8 Å². The van der Waals surface area contributed by atoms with Crippen LogP contribution in [0.3, 0.4) is 0 Å². The average Bonchev–Trinajstić information content (AvgIpc) is 1.73. The molecule has 0 heterocycles. The zero-order valence-corrected chi connectivity index (χ0v) is 65.7. The van der Waals surface area contributed by atoms with E-state index in [1.54, 1.807) is 0 Å². The van der Waals surface area contributed by atoms with Crippen molar-refractivity contribution in [2.75, 3.05) is 39.6 Å². The highest BCUT2D eigenvalue weighted by Crippen LogP contribution is 2.45. The second kappa shape index (κ2) is 72.0. The van der Waals surface area contributed by atoms with Crippen LogP contribution < -0.4 is 0 Å². The van der Waals surface area contributed by atoms with E-state index in [0.29, 0.717) is 25.7 Å². The van der Waals surface area contributed by atoms with Crippen LogP contribution in [0.1, 0.15) is 420 Å². The number of unbranched alkanes of at least 4 members (excludes halogenated alkanes) is 50. The average molecular weight is 1440 g/mol. The van der Waals surface area contributed by atoms with Crippen molar-refractivity contribution in [1.82, 2.24) is 0 Å². The van der Waals surface area contributed by atoms with Gasteiger partial charge in [-0.25, -0.2) is 9.13 Å². The van der Waals surface area contributed by atoms with Gasteiger partial charge in [-0.1, -0.05) is 369 Å². The highest BCUT2D eigenvalue weighted by molar-refractivity contribution is 7.47. The second-order valence-corrected chi connectivity index (χ2v) is 31.6. The zero-order valence-electron chi connectivity index (χ0n) is 63.9. The molecule has 0 saturated carbocycles. The fourth-order valence-electron chi connectivity index (χ4n) is 12.2. The number of rotatable bonds is 79. The minimum Gasteiger partial charge on any atom is -0.462 e. The molecule has 0 aliphatic carbocycles. The van der Waals surface area contributed by atoms with Crippen LogP contribution in [0.5, 0.6) is 0 Å². The molecule has 0 spiro atoms. The lowest BCUT2D eigenvalue weighted by atomic mass is 9.99. The summed E-state index contributed by atoms with van der Waals surface area (Å²) in [6.07, 6.45) is 62.2. The molecule has 0 aromatic carbocycles. The number of hydrogen-bond acceptors (Lipinski definition) is 15. The van der Waals surface area contributed by atoms with E-state index in [2.05, 4.69) is 34.6 Å². The van der Waals surface area contributed by atoms with Gasteiger partial charge in [-0.3, -0.25) is 37.3 Å². The molecule has 0 aromatic heterocycles. The summed E-state index contributed by atoms with van der Waals surface area (Å²) >= 11 is 0. The van der Waals surface area contributed by atoms with Gasteiger partial charge in [0, 0.05) is 25.7 Å². The number of ether oxygens (including phenoxy) is 4. The van der Waals surface area contributed by atoms with Gasteiger partial charge in [0.2, 0.25) is 0 Å². The van der Waals surface area contributed by atoms with E-state index in [1.807, 2.05) is 0 Å². The lowest BCUT2D eigenvalue weighted by Gasteiger charge is -2.21. The van der Waals surface area contributed by atoms with Crippen LogP contribution in [0.25, 0.3) is 0 Å². The molecule has 6 atom stereocenters. The van der Waals surface area contributed by atoms with Crippen molar-refractivity contribution in [2.45, 2.75) is 438 Å². The Morgan fingerprint density at radius 3 is 0.724 bits per heavy atom. The number of aliphatic hydroxyl groups is 1. The second-order valence-electron chi connectivity index (χ2n) is 28.7. The maximum absolute atomic E-state index is 13.1. The third-order valence-electron chi connectivity index (χ3n) is 18.9. The molecule has 0 aromatic rings. The molecule has 0 radical (unpaired) electrons. The summed E-state index contributed by atoms with van der Waals surface area (Å²) in [7, 11) is -9.91. The molecule has 3 unspecified atom stereocenters. The van der Waals surface area contributed by atoms with Crippen molar-refractivity contribution in [3.8, 4) is 0 Å². The van der Waals surface area contributed by atoms with Gasteiger partial charge in [0.25, 0.3) is 0 Å². The highest BCUT2D eigenvalue weighted by atomic mass is 31.2. The van der Waals surface area contributed by atoms with Gasteiger partial charge < -0.3 is 33.8 Å². The van der Waals surface area contributed by atoms with Crippen molar-refractivity contribution in [3.05, 3.63) is 0 Å². The molecule has 0 saturated heterocycles. The summed E-state index contributed by atoms with van der Waals surface area (Å²) in [5.74, 6) is -1.26. The van der Waals surface area contributed by atoms with E-state index in [1.165, 1.54) is 244 Å². The summed E-state index contributed by atoms with van der Waals surface area (Å²) < 4.78 is 68.7. The summed E-state index contributed by atoms with van der Waals surface area (Å²) in [4.78, 5) is 72.9. The smallest absolute Gasteiger partial charge is 0.462 e. The van der Waals surface area contributed by atoms with Crippen molar-refractivity contribution < 1.29 is 80.2 Å². The van der Waals surface area contributed by atoms with Crippen LogP contribution >= 0.6 is 15.6 Å². The fourth-order valence-corrected chi connectivity index (χ4v) is 13.8. The van der Waals surface area contributed by atoms with Crippen LogP contribution in [0, 0.1) is 5.92 Å². The van der Waals surface area contributed by atoms with Crippen LogP contribution in [-0.4, -0.2) is 96.7 Å². The first-order valence-corrected chi connectivity index (χ1v) is 44.2. The Kier molecular flexibility index (Phi) is 70.6. The predicted molar refractivity (Wildman–Crippen MR) is 400 cm³/mol. The van der Waals surface area contributed by atoms with Crippen LogP contribution in [0.2, 0.25) is 0 Å². The maximum atomic E-state index is 13.1. The molecule has 0 rings (SSSR count). The number of aliphatic hydroxyl groups excluding tert-OH is 1. The first kappa shape index (κ1) is 96.1. The number of phosphoric acid groups is 2. The topological polar surface area (TPSA) is 237 Å². The van der Waals surface area contributed by atoms with Crippen LogP contribution in [0.15, 0.2) is 0 Å². The molecule has 0 aliphatic rings. The quantitative estimate of drug-likeness (QED) is 0.0222. The summed E-state index contributed by atoms with van der Waals surface area (Å²) in [5.41, 5.74) is 0. The van der Waals surface area contributed by atoms with Crippen molar-refractivity contribution in [2.24, 2.45) is 5.92 Å². The molecule has 98 heavy (non-hydrogen) atoms. The molecule has 3 N–H and O–H groups in total. The molecular weight excluding hydrogens is 1280 g/mol. The highest BCUT2D eigenvalue weighted by Gasteiger charge is 2.30. The lowest BCUT2D eigenvalue weighted by Crippen LogP contribution is -2.30. The summed E-state index contributed by atoms with van der Waals surface area (Å²) in [5, 5.41) is 10.6. The standard InChI is InChI=1S/C79H154O17P2/c1-6-10-13-16-19-22-25-27-29-34-38-43-48-53-58-63-77(82)90-69-75(96-79(84)65-60-55-50-45-40-36-32-31-33-37-41-46-51-56-61-72(5)9-4)71-94-98(87,88)92-67-73(80)66-91-97(85,86)93-70-74(68-89-76(81)62-57-52-47-42-24-21-18-15-12-8-3)95-78(83)64-59-54-49-44-39-35-30-28-26-23-20-17-14-11-7-2/h72-75,80H,6-71H2,1-5H3,(H,85,86)(H,87,88)/t72?,73-,74+,75+/m0/s1. The first-order chi connectivity index (χ1) is 47.6. The predicted octanol–water partition coefficient (Wildman–Crippen LogP) is 23.6. The summed E-state index contributed by atoms with van der Waals surface area (Å²) in [6, 6.07) is 0. The number of hydrogen-bond donors (Lipinski definition) is 3. The number of carbonyl (C=O) groups is 4. The van der Waals surface area contributed by atoms with E-state index in [4.69, 9.17) is 37.0 Å². The Hall–Kier alpha value is -1.94. The molecule has 0 fully saturated rings. The largest absolute Gasteiger partial charge is 0.472 e. The van der Waals surface area contributed by atoms with E-state index >= 15 is 0 Å². The van der Waals surface area contributed by atoms with Gasteiger partial charge in [-0.15, -0.1) is 0 Å². The Bertz CT molecular complexity index is 1880. The fraction of sp³-hybridized carbons (Fsp3) is 0.949. The Labute approximate surface area is 600 Å². The Balaban J connectivity index is 5.24. The molecule has 582 valence electrons. The minimum absolute atomic E-state index is 0.109. The first-order valence-electron chi connectivity index (χ1n) is 41.2. The molecule has 0 amide bonds. The molecule has 0 aliphatic heterocycles. The third-order valence-corrected chi connectivity index (χ3v) is 20.8. The molecule has 0 bridgehead atoms. The zero-order chi connectivity index (χ0) is 71.9. The van der Waals surface area contributed by atoms with Gasteiger partial charge in [0.1, 0.15) is 19.3 Å². The van der Waals surface area contributed by atoms with E-state index in [9.17, 15) is 43.2 Å². The van der Waals surface area contributed by atoms with E-state index < -0.39 is 97.5 Å². The van der Waals surface area contributed by atoms with Crippen molar-refractivity contribution >= 4 is 39.5 Å². The molecular formula is C79H154O17P2. The van der Waals surface area contributed by atoms with Crippen molar-refractivity contribution in [1.29, 1.82) is 0 Å². The van der Waals surface area contributed by atoms with Gasteiger partial charge >= 0.3 is 39.5 Å². The maximum Gasteiger partial charge on any atom is 0.472 e. The number of esters is 4. The summed E-state index contributed by atoms with van der Waals surface area (Å²) in [6.45, 7) is 7.37. The third kappa shape index (κ3) is 71.1. The minimum atomic E-state index is -4.96. The van der Waals surface area contributed by atoms with Gasteiger partial charge in [-0.2, -0.15) is 0 Å². The van der Waals surface area contributed by atoms with Gasteiger partial charge in [0.05, 0.1) is 26.4 Å². The molecule has 17 nitrogen and oxygen atoms in total. The Morgan fingerprint density at radius 2 is 0.490 bits per heavy atom. The normalized spacial score (nSPS) is 14.2.